The van der Waals surface area contributed by atoms with Crippen LogP contribution in [0.2, 0.25) is 0 Å². The van der Waals surface area contributed by atoms with E-state index in [1.54, 1.807) is 19.2 Å². The van der Waals surface area contributed by atoms with E-state index in [2.05, 4.69) is 17.4 Å². The number of methoxy groups -OCH3 is 1. The van der Waals surface area contributed by atoms with Crippen LogP contribution in [0.15, 0.2) is 47.1 Å². The van der Waals surface area contributed by atoms with Crippen LogP contribution in [0.5, 0.6) is 5.75 Å². The minimum atomic E-state index is -0.0106. The van der Waals surface area contributed by atoms with Crippen molar-refractivity contribution in [2.24, 2.45) is 0 Å². The van der Waals surface area contributed by atoms with Gasteiger partial charge in [0.1, 0.15) is 5.75 Å². The highest BCUT2D eigenvalue weighted by molar-refractivity contribution is 5.91. The van der Waals surface area contributed by atoms with Crippen LogP contribution in [0.1, 0.15) is 29.0 Å². The van der Waals surface area contributed by atoms with Crippen molar-refractivity contribution in [1.29, 1.82) is 0 Å². The Hall–Kier alpha value is -2.27. The summed E-state index contributed by atoms with van der Waals surface area (Å²) in [4.78, 5) is 14.1. The van der Waals surface area contributed by atoms with Gasteiger partial charge in [0.15, 0.2) is 5.76 Å². The fourth-order valence-corrected chi connectivity index (χ4v) is 2.85. The summed E-state index contributed by atoms with van der Waals surface area (Å²) in [6.07, 6.45) is 3.46. The molecule has 0 radical (unpaired) electrons. The standard InChI is InChI=1S/C18H22N2O3/c1-22-16-6-4-14(5-7-16)13-19-15-8-10-20(11-9-15)18(21)17-3-2-12-23-17/h2-7,12,15,19H,8-11,13H2,1H3. The van der Waals surface area contributed by atoms with E-state index in [1.165, 1.54) is 11.8 Å². The Balaban J connectivity index is 1.44. The van der Waals surface area contributed by atoms with Crippen molar-refractivity contribution in [2.75, 3.05) is 20.2 Å². The molecule has 1 aliphatic heterocycles. The zero-order chi connectivity index (χ0) is 16.1. The number of nitrogens with zero attached hydrogens (tertiary/aromatic N) is 1. The zero-order valence-corrected chi connectivity index (χ0v) is 13.3. The quantitative estimate of drug-likeness (QED) is 0.922. The van der Waals surface area contributed by atoms with Gasteiger partial charge in [0.2, 0.25) is 0 Å². The van der Waals surface area contributed by atoms with E-state index in [1.807, 2.05) is 17.0 Å². The normalized spacial score (nSPS) is 15.6. The van der Waals surface area contributed by atoms with Crippen LogP contribution < -0.4 is 10.1 Å². The smallest absolute Gasteiger partial charge is 0.289 e. The van der Waals surface area contributed by atoms with E-state index in [9.17, 15) is 4.79 Å². The Morgan fingerprint density at radius 2 is 2.00 bits per heavy atom. The van der Waals surface area contributed by atoms with E-state index >= 15 is 0 Å². The van der Waals surface area contributed by atoms with Crippen LogP contribution in [-0.4, -0.2) is 37.0 Å². The van der Waals surface area contributed by atoms with Gasteiger partial charge >= 0.3 is 0 Å². The SMILES string of the molecule is COc1ccc(CNC2CCN(C(=O)c3ccco3)CC2)cc1. The molecule has 1 saturated heterocycles. The highest BCUT2D eigenvalue weighted by Crippen LogP contribution is 2.16. The molecule has 0 unspecified atom stereocenters. The van der Waals surface area contributed by atoms with Gasteiger partial charge in [-0.3, -0.25) is 4.79 Å². The molecule has 0 aliphatic carbocycles. The van der Waals surface area contributed by atoms with E-state index in [0.29, 0.717) is 11.8 Å². The second-order valence-corrected chi connectivity index (χ2v) is 5.77. The summed E-state index contributed by atoms with van der Waals surface area (Å²) in [5.74, 6) is 1.29. The number of rotatable bonds is 5. The summed E-state index contributed by atoms with van der Waals surface area (Å²) in [6, 6.07) is 12.0. The second-order valence-electron chi connectivity index (χ2n) is 5.77. The van der Waals surface area contributed by atoms with Crippen molar-refractivity contribution < 1.29 is 13.9 Å². The maximum absolute atomic E-state index is 12.2. The van der Waals surface area contributed by atoms with Gasteiger partial charge in [0, 0.05) is 25.7 Å². The van der Waals surface area contributed by atoms with Crippen molar-refractivity contribution in [3.05, 3.63) is 54.0 Å². The predicted molar refractivity (Wildman–Crippen MR) is 87.5 cm³/mol. The maximum atomic E-state index is 12.2. The first-order valence-corrected chi connectivity index (χ1v) is 7.95. The monoisotopic (exact) mass is 314 g/mol. The number of furan rings is 1. The van der Waals surface area contributed by atoms with Gasteiger partial charge in [-0.15, -0.1) is 0 Å². The van der Waals surface area contributed by atoms with Gasteiger partial charge < -0.3 is 19.4 Å². The van der Waals surface area contributed by atoms with E-state index < -0.39 is 0 Å². The van der Waals surface area contributed by atoms with E-state index in [0.717, 1.165) is 38.2 Å². The Labute approximate surface area is 136 Å². The zero-order valence-electron chi connectivity index (χ0n) is 13.3. The highest BCUT2D eigenvalue weighted by atomic mass is 16.5. The van der Waals surface area contributed by atoms with Crippen LogP contribution in [0.3, 0.4) is 0 Å². The summed E-state index contributed by atoms with van der Waals surface area (Å²) in [6.45, 7) is 2.36. The van der Waals surface area contributed by atoms with Crippen molar-refractivity contribution in [2.45, 2.75) is 25.4 Å². The van der Waals surface area contributed by atoms with E-state index in [4.69, 9.17) is 9.15 Å². The number of nitrogens with one attached hydrogen (secondary N) is 1. The molecule has 1 N–H and O–H groups in total. The average molecular weight is 314 g/mol. The molecule has 1 aromatic heterocycles. The summed E-state index contributed by atoms with van der Waals surface area (Å²) < 4.78 is 10.3. The molecule has 5 heteroatoms. The molecule has 2 aromatic rings. The van der Waals surface area contributed by atoms with Gasteiger partial charge in [0.25, 0.3) is 5.91 Å². The molecule has 23 heavy (non-hydrogen) atoms. The lowest BCUT2D eigenvalue weighted by Gasteiger charge is -2.32. The molecule has 1 aromatic carbocycles. The van der Waals surface area contributed by atoms with Crippen LogP contribution >= 0.6 is 0 Å². The third-order valence-corrected chi connectivity index (χ3v) is 4.27. The molecule has 0 saturated carbocycles. The van der Waals surface area contributed by atoms with Gasteiger partial charge in [-0.25, -0.2) is 0 Å². The van der Waals surface area contributed by atoms with Gasteiger partial charge in [-0.1, -0.05) is 12.1 Å². The molecule has 1 amide bonds. The number of hydrogen-bond acceptors (Lipinski definition) is 4. The molecule has 0 atom stereocenters. The third-order valence-electron chi connectivity index (χ3n) is 4.27. The molecule has 0 spiro atoms. The summed E-state index contributed by atoms with van der Waals surface area (Å²) in [5.41, 5.74) is 1.24. The lowest BCUT2D eigenvalue weighted by molar-refractivity contribution is 0.0672. The fraction of sp³-hybridized carbons (Fsp3) is 0.389. The molecule has 1 aliphatic rings. The molecule has 0 bridgehead atoms. The second kappa shape index (κ2) is 7.33. The molecular weight excluding hydrogens is 292 g/mol. The van der Waals surface area contributed by atoms with Crippen LogP contribution in [0, 0.1) is 0 Å². The number of likely N-dealkylation sites (tertiary alicyclic amines) is 1. The molecule has 1 fully saturated rings. The average Bonchev–Trinajstić information content (AvgIpc) is 3.15. The lowest BCUT2D eigenvalue weighted by atomic mass is 10.0. The Kier molecular flexibility index (Phi) is 4.98. The van der Waals surface area contributed by atoms with E-state index in [-0.39, 0.29) is 5.91 Å². The van der Waals surface area contributed by atoms with Crippen LogP contribution in [0.4, 0.5) is 0 Å². The predicted octanol–water partition coefficient (Wildman–Crippen LogP) is 2.68. The summed E-state index contributed by atoms with van der Waals surface area (Å²) in [5, 5.41) is 3.57. The maximum Gasteiger partial charge on any atom is 0.289 e. The van der Waals surface area contributed by atoms with Gasteiger partial charge in [-0.05, 0) is 42.7 Å². The first-order valence-electron chi connectivity index (χ1n) is 7.95. The Morgan fingerprint density at radius 1 is 1.26 bits per heavy atom. The number of benzene rings is 1. The Bertz CT molecular complexity index is 614. The third kappa shape index (κ3) is 3.93. The van der Waals surface area contributed by atoms with Gasteiger partial charge in [-0.2, -0.15) is 0 Å². The lowest BCUT2D eigenvalue weighted by Crippen LogP contribution is -2.44. The van der Waals surface area contributed by atoms with Gasteiger partial charge in [0.05, 0.1) is 13.4 Å². The van der Waals surface area contributed by atoms with Crippen LogP contribution in [0.25, 0.3) is 0 Å². The first kappa shape index (κ1) is 15.6. The fourth-order valence-electron chi connectivity index (χ4n) is 2.85. The molecular formula is C18H22N2O3. The largest absolute Gasteiger partial charge is 0.497 e. The number of piperidine rings is 1. The summed E-state index contributed by atoms with van der Waals surface area (Å²) in [7, 11) is 1.67. The molecule has 2 heterocycles. The molecule has 122 valence electrons. The number of carbonyl (C=O) groups excluding carboxylic acids is 1. The minimum absolute atomic E-state index is 0.0106. The highest BCUT2D eigenvalue weighted by Gasteiger charge is 2.24. The molecule has 5 nitrogen and oxygen atoms in total. The number of amides is 1. The van der Waals surface area contributed by atoms with Crippen LogP contribution in [-0.2, 0) is 6.54 Å². The Morgan fingerprint density at radius 3 is 2.61 bits per heavy atom. The van der Waals surface area contributed by atoms with Crippen molar-refractivity contribution in [1.82, 2.24) is 10.2 Å². The van der Waals surface area contributed by atoms with Crippen molar-refractivity contribution in [3.63, 3.8) is 0 Å². The molecule has 3 rings (SSSR count). The number of ether oxygens (including phenoxy) is 1. The first-order chi connectivity index (χ1) is 11.3. The topological polar surface area (TPSA) is 54.7 Å². The van der Waals surface area contributed by atoms with Crippen molar-refractivity contribution in [3.8, 4) is 5.75 Å². The number of carbonyl (C=O) groups is 1. The minimum Gasteiger partial charge on any atom is -0.497 e. The number of hydrogen-bond donors (Lipinski definition) is 1. The summed E-state index contributed by atoms with van der Waals surface area (Å²) >= 11 is 0. The van der Waals surface area contributed by atoms with Crippen molar-refractivity contribution >= 4 is 5.91 Å².